The summed E-state index contributed by atoms with van der Waals surface area (Å²) in [6, 6.07) is 1.70. The van der Waals surface area contributed by atoms with Gasteiger partial charge in [0.05, 0.1) is 43.7 Å². The lowest BCUT2D eigenvalue weighted by molar-refractivity contribution is -0.122. The van der Waals surface area contributed by atoms with E-state index in [0.29, 0.717) is 29.9 Å². The number of fused-ring (bicyclic) bond motifs is 1. The molecule has 0 bridgehead atoms. The number of H-pyrrole nitrogens is 1. The predicted molar refractivity (Wildman–Crippen MR) is 153 cm³/mol. The quantitative estimate of drug-likeness (QED) is 0.232. The van der Waals surface area contributed by atoms with Gasteiger partial charge in [0.25, 0.3) is 5.88 Å². The number of pyridine rings is 1. The second-order valence-corrected chi connectivity index (χ2v) is 9.93. The van der Waals surface area contributed by atoms with Crippen LogP contribution in [-0.4, -0.2) is 104 Å². The molecule has 1 aliphatic rings. The molecule has 4 N–H and O–H groups in total. The Kier molecular flexibility index (Phi) is 8.24. The minimum atomic E-state index is -0.211. The number of amides is 1. The molecule has 5 heterocycles. The van der Waals surface area contributed by atoms with Gasteiger partial charge in [0.1, 0.15) is 5.69 Å². The number of nitrogens with zero attached hydrogens (tertiary/aromatic N) is 7. The first-order valence-corrected chi connectivity index (χ1v) is 13.4. The molecule has 0 aliphatic carbocycles. The Morgan fingerprint density at radius 1 is 1.25 bits per heavy atom. The Morgan fingerprint density at radius 3 is 2.77 bits per heavy atom. The van der Waals surface area contributed by atoms with Crippen molar-refractivity contribution in [1.29, 1.82) is 0 Å². The van der Waals surface area contributed by atoms with Crippen LogP contribution in [0, 0.1) is 6.92 Å². The van der Waals surface area contributed by atoms with Crippen molar-refractivity contribution in [3.8, 4) is 17.1 Å². The maximum absolute atomic E-state index is 13.3. The second kappa shape index (κ2) is 12.0. The van der Waals surface area contributed by atoms with Crippen molar-refractivity contribution in [3.63, 3.8) is 0 Å². The fourth-order valence-corrected chi connectivity index (χ4v) is 5.04. The van der Waals surface area contributed by atoms with E-state index in [9.17, 15) is 9.90 Å². The summed E-state index contributed by atoms with van der Waals surface area (Å²) in [6.07, 6.45) is 7.78. The van der Waals surface area contributed by atoms with Crippen LogP contribution in [0.4, 0.5) is 17.5 Å². The minimum absolute atomic E-state index is 0.0394. The Morgan fingerprint density at radius 2 is 2.05 bits per heavy atom. The largest absolute Gasteiger partial charge is 0.478 e. The number of aromatic amines is 1. The summed E-state index contributed by atoms with van der Waals surface area (Å²) >= 11 is 0. The highest BCUT2D eigenvalue weighted by Crippen LogP contribution is 2.33. The molecule has 1 unspecified atom stereocenters. The number of hydrogen-bond acceptors (Lipinski definition) is 10. The SMILES string of the molecule is CCC(C(=O)Nc1nccc2c(-c3nc(Nc4cn(CCO)nc4OC)ncc3C)c[nH]c12)N1CCN(C)CC1. The number of anilines is 3. The smallest absolute Gasteiger partial charge is 0.256 e. The van der Waals surface area contributed by atoms with E-state index in [-0.39, 0.29) is 18.6 Å². The van der Waals surface area contributed by atoms with Crippen LogP contribution in [0.25, 0.3) is 22.2 Å². The van der Waals surface area contributed by atoms with Gasteiger partial charge in [-0.15, -0.1) is 5.10 Å². The molecule has 5 rings (SSSR count). The van der Waals surface area contributed by atoms with Gasteiger partial charge in [-0.1, -0.05) is 6.92 Å². The Labute approximate surface area is 232 Å². The molecule has 13 nitrogen and oxygen atoms in total. The third-order valence-electron chi connectivity index (χ3n) is 7.24. The van der Waals surface area contributed by atoms with Crippen LogP contribution in [0.2, 0.25) is 0 Å². The molecule has 1 fully saturated rings. The number of piperazine rings is 1. The van der Waals surface area contributed by atoms with Gasteiger partial charge in [0.2, 0.25) is 11.9 Å². The number of methoxy groups -OCH3 is 1. The maximum atomic E-state index is 13.3. The van der Waals surface area contributed by atoms with Gasteiger partial charge in [0, 0.05) is 55.7 Å². The van der Waals surface area contributed by atoms with Crippen molar-refractivity contribution < 1.29 is 14.6 Å². The molecule has 13 heteroatoms. The summed E-state index contributed by atoms with van der Waals surface area (Å²) in [5.74, 6) is 1.19. The van der Waals surface area contributed by atoms with E-state index in [1.54, 1.807) is 23.3 Å². The number of aryl methyl sites for hydroxylation is 1. The Hall–Kier alpha value is -4.07. The first kappa shape index (κ1) is 27.5. The van der Waals surface area contributed by atoms with Crippen molar-refractivity contribution in [2.75, 3.05) is 57.6 Å². The van der Waals surface area contributed by atoms with Gasteiger partial charge in [0.15, 0.2) is 5.82 Å². The average molecular weight is 549 g/mol. The van der Waals surface area contributed by atoms with Crippen LogP contribution in [-0.2, 0) is 11.3 Å². The van der Waals surface area contributed by atoms with E-state index < -0.39 is 0 Å². The van der Waals surface area contributed by atoms with E-state index in [2.05, 4.69) is 47.5 Å². The minimum Gasteiger partial charge on any atom is -0.478 e. The van der Waals surface area contributed by atoms with Gasteiger partial charge in [-0.3, -0.25) is 14.4 Å². The number of carbonyl (C=O) groups is 1. The number of aliphatic hydroxyl groups is 1. The molecule has 0 saturated carbocycles. The standard InChI is InChI=1S/C27H36N10O3/c1-5-21(36-10-8-35(3)9-11-36)25(39)33-24-23-18(6-7-28-24)19(15-29-23)22-17(2)14-30-27(32-22)31-20-16-37(12-13-38)34-26(20)40-4/h6-7,14-16,21,29,38H,5,8-13H2,1-4H3,(H,28,33,39)(H,30,31,32). The lowest BCUT2D eigenvalue weighted by Gasteiger charge is -2.36. The summed E-state index contributed by atoms with van der Waals surface area (Å²) in [7, 11) is 3.64. The second-order valence-electron chi connectivity index (χ2n) is 9.93. The third kappa shape index (κ3) is 5.62. The molecular weight excluding hydrogens is 512 g/mol. The lowest BCUT2D eigenvalue weighted by atomic mass is 10.1. The van der Waals surface area contributed by atoms with Gasteiger partial charge in [-0.05, 0) is 32.0 Å². The normalized spacial score (nSPS) is 15.3. The highest BCUT2D eigenvalue weighted by atomic mass is 16.5. The van der Waals surface area contributed by atoms with Gasteiger partial charge in [-0.2, -0.15) is 0 Å². The molecule has 1 aliphatic heterocycles. The monoisotopic (exact) mass is 548 g/mol. The Balaban J connectivity index is 1.40. The molecule has 4 aromatic heterocycles. The topological polar surface area (TPSA) is 149 Å². The molecule has 1 atom stereocenters. The number of aromatic nitrogens is 6. The lowest BCUT2D eigenvalue weighted by Crippen LogP contribution is -2.52. The molecule has 4 aromatic rings. The zero-order chi connectivity index (χ0) is 28.2. The summed E-state index contributed by atoms with van der Waals surface area (Å²) in [4.78, 5) is 34.9. The summed E-state index contributed by atoms with van der Waals surface area (Å²) < 4.78 is 6.95. The zero-order valence-corrected chi connectivity index (χ0v) is 23.3. The molecule has 212 valence electrons. The average Bonchev–Trinajstić information content (AvgIpc) is 3.56. The maximum Gasteiger partial charge on any atom is 0.256 e. The molecule has 0 radical (unpaired) electrons. The van der Waals surface area contributed by atoms with Crippen LogP contribution in [0.1, 0.15) is 18.9 Å². The van der Waals surface area contributed by atoms with E-state index in [1.165, 1.54) is 7.11 Å². The first-order chi connectivity index (χ1) is 19.4. The first-order valence-electron chi connectivity index (χ1n) is 13.4. The zero-order valence-electron chi connectivity index (χ0n) is 23.3. The van der Waals surface area contributed by atoms with E-state index in [0.717, 1.165) is 60.3 Å². The fraction of sp³-hybridized carbons (Fsp3) is 0.444. The van der Waals surface area contributed by atoms with Crippen LogP contribution in [0.3, 0.4) is 0 Å². The van der Waals surface area contributed by atoms with Crippen LogP contribution in [0.15, 0.2) is 30.9 Å². The van der Waals surface area contributed by atoms with Crippen molar-refractivity contribution in [1.82, 2.24) is 39.5 Å². The highest BCUT2D eigenvalue weighted by molar-refractivity contribution is 6.05. The van der Waals surface area contributed by atoms with Crippen molar-refractivity contribution in [3.05, 3.63) is 36.4 Å². The summed E-state index contributed by atoms with van der Waals surface area (Å²) in [6.45, 7) is 7.92. The molecule has 0 spiro atoms. The van der Waals surface area contributed by atoms with Crippen molar-refractivity contribution >= 4 is 34.3 Å². The number of rotatable bonds is 10. The summed E-state index contributed by atoms with van der Waals surface area (Å²) in [5, 5.41) is 20.7. The number of hydrogen-bond donors (Lipinski definition) is 4. The molecular formula is C27H36N10O3. The van der Waals surface area contributed by atoms with E-state index >= 15 is 0 Å². The van der Waals surface area contributed by atoms with E-state index in [4.69, 9.17) is 9.72 Å². The predicted octanol–water partition coefficient (Wildman–Crippen LogP) is 2.23. The third-order valence-corrected chi connectivity index (χ3v) is 7.24. The van der Waals surface area contributed by atoms with Gasteiger partial charge >= 0.3 is 0 Å². The highest BCUT2D eigenvalue weighted by Gasteiger charge is 2.28. The summed E-state index contributed by atoms with van der Waals surface area (Å²) in [5.41, 5.74) is 3.81. The number of carbonyl (C=O) groups excluding carboxylic acids is 1. The van der Waals surface area contributed by atoms with Crippen LogP contribution in [0.5, 0.6) is 5.88 Å². The number of aliphatic hydroxyl groups excluding tert-OH is 1. The number of likely N-dealkylation sites (N-methyl/N-ethyl adjacent to an activating group) is 1. The van der Waals surface area contributed by atoms with Crippen molar-refractivity contribution in [2.24, 2.45) is 0 Å². The van der Waals surface area contributed by atoms with Crippen LogP contribution < -0.4 is 15.4 Å². The molecule has 1 saturated heterocycles. The number of nitrogens with one attached hydrogen (secondary N) is 3. The van der Waals surface area contributed by atoms with E-state index in [1.807, 2.05) is 26.1 Å². The molecule has 0 aromatic carbocycles. The number of ether oxygens (including phenoxy) is 1. The van der Waals surface area contributed by atoms with Crippen molar-refractivity contribution in [2.45, 2.75) is 32.9 Å². The van der Waals surface area contributed by atoms with Gasteiger partial charge < -0.3 is 30.4 Å². The molecule has 40 heavy (non-hydrogen) atoms. The van der Waals surface area contributed by atoms with Crippen LogP contribution >= 0.6 is 0 Å². The molecule has 1 amide bonds. The Bertz CT molecular complexity index is 1470. The fourth-order valence-electron chi connectivity index (χ4n) is 5.04. The van der Waals surface area contributed by atoms with Gasteiger partial charge in [-0.25, -0.2) is 15.0 Å².